The number of nitrogens with zero attached hydrogens (tertiary/aromatic N) is 16. The smallest absolute Gasteiger partial charge is 0.246 e. The highest BCUT2D eigenvalue weighted by Gasteiger charge is 2.46. The van der Waals surface area contributed by atoms with Gasteiger partial charge in [-0.25, -0.2) is 24.3 Å². The highest BCUT2D eigenvalue weighted by Crippen LogP contribution is 2.44. The number of nitrogens with one attached hydrogen (secondary N) is 4. The summed E-state index contributed by atoms with van der Waals surface area (Å²) < 4.78 is 70.3. The van der Waals surface area contributed by atoms with E-state index in [-0.39, 0.29) is 79.5 Å². The van der Waals surface area contributed by atoms with Crippen molar-refractivity contribution in [3.8, 4) is 0 Å². The van der Waals surface area contributed by atoms with E-state index in [0.29, 0.717) is 155 Å². The summed E-state index contributed by atoms with van der Waals surface area (Å²) in [5.74, 6) is 6.28. The Morgan fingerprint density at radius 2 is 0.862 bits per heavy atom. The van der Waals surface area contributed by atoms with Crippen molar-refractivity contribution >= 4 is 152 Å². The molecule has 7 fully saturated rings. The summed E-state index contributed by atoms with van der Waals surface area (Å²) in [6.45, 7) is 16.5. The van der Waals surface area contributed by atoms with E-state index in [1.807, 2.05) is 106 Å². The number of carbonyl (C=O) groups is 3. The van der Waals surface area contributed by atoms with Crippen LogP contribution in [0.2, 0.25) is 0 Å². The first kappa shape index (κ1) is 85.1. The summed E-state index contributed by atoms with van der Waals surface area (Å²) in [6, 6.07) is 39.0. The molecule has 4 unspecified atom stereocenters. The van der Waals surface area contributed by atoms with Gasteiger partial charge in [0.2, 0.25) is 41.5 Å². The first-order chi connectivity index (χ1) is 59.5. The maximum Gasteiger partial charge on any atom is 0.246 e. The van der Waals surface area contributed by atoms with Crippen LogP contribution in [0, 0.1) is 26.6 Å². The summed E-state index contributed by atoms with van der Waals surface area (Å²) in [5.41, 5.74) is 10.5. The molecule has 3 amide bonds. The van der Waals surface area contributed by atoms with Gasteiger partial charge in [-0.1, -0.05) is 81.2 Å². The third kappa shape index (κ3) is 19.1. The largest absolute Gasteiger partial charge is 0.394 e. The number of aryl methyl sites for hydroxylation is 7. The number of fused-ring (bicyclic) bond motifs is 4. The first-order valence-corrected chi connectivity index (χ1v) is 48.0. The molecule has 30 nitrogen and oxygen atoms in total. The monoisotopic (exact) mass is 1810 g/mol. The molecule has 13 heterocycles. The number of piperazine rings is 4. The van der Waals surface area contributed by atoms with Crippen LogP contribution in [0.4, 0.5) is 79.9 Å². The molecule has 123 heavy (non-hydrogen) atoms. The van der Waals surface area contributed by atoms with E-state index in [2.05, 4.69) is 105 Å². The van der Waals surface area contributed by atoms with Crippen molar-refractivity contribution in [2.24, 2.45) is 0 Å². The minimum absolute atomic E-state index is 0.00121. The zero-order valence-electron chi connectivity index (χ0n) is 69.1. The molecule has 9 aliphatic heterocycles. The fourth-order valence-corrected chi connectivity index (χ4v) is 22.1. The van der Waals surface area contributed by atoms with Gasteiger partial charge in [-0.3, -0.25) is 31.2 Å². The predicted molar refractivity (Wildman–Crippen MR) is 481 cm³/mol. The molecule has 5 atom stereocenters. The highest BCUT2D eigenvalue weighted by molar-refractivity contribution is 9.10. The van der Waals surface area contributed by atoms with Crippen molar-refractivity contribution < 1.29 is 50.6 Å². The Labute approximate surface area is 732 Å². The normalized spacial score (nSPS) is 21.7. The van der Waals surface area contributed by atoms with Gasteiger partial charge in [0.05, 0.1) is 90.3 Å². The number of anilines is 13. The van der Waals surface area contributed by atoms with Crippen LogP contribution in [0.15, 0.2) is 145 Å². The SMILES string of the molecule is Cc1ccc(N2CCN(c3nc4c(c(NC5(CO)CC5)n3)S(=O)CC4)CC2=O)cc1.Cc1ccc(N2CCN(c3nc4c(c(NC5CCOCC5)n3)S(=O)CC4)CC2=O)cc1.Cc1ccc(N2CCN(c3nc4c(c(Nc5cccc(F)c5)n3)S(=O)CC4)[C@@H](C)C2)cc1.O=C1CN(c2nc3c(c(NC4(CO)CC4)n2)S(=O)CC3)CCN1c1cccc(Br)c1. The van der Waals surface area contributed by atoms with E-state index < -0.39 is 43.2 Å². The van der Waals surface area contributed by atoms with E-state index in [1.54, 1.807) is 21.9 Å². The van der Waals surface area contributed by atoms with Gasteiger partial charge in [0.15, 0.2) is 5.82 Å². The van der Waals surface area contributed by atoms with Crippen molar-refractivity contribution in [3.63, 3.8) is 0 Å². The van der Waals surface area contributed by atoms with Crippen LogP contribution in [-0.2, 0) is 88.0 Å². The molecular formula is C87H100BrFN20O10S4. The number of aliphatic hydroxyl groups excluding tert-OH is 2. The number of benzene rings is 5. The molecule has 2 saturated carbocycles. The fraction of sp³-hybridized carbons (Fsp3) is 0.437. The van der Waals surface area contributed by atoms with Crippen LogP contribution in [0.1, 0.15) is 84.9 Å². The van der Waals surface area contributed by atoms with Crippen LogP contribution >= 0.6 is 15.9 Å². The minimum Gasteiger partial charge on any atom is -0.394 e. The van der Waals surface area contributed by atoms with Crippen LogP contribution in [0.5, 0.6) is 0 Å². The Balaban J connectivity index is 0.000000116. The van der Waals surface area contributed by atoms with Gasteiger partial charge in [-0.05, 0) is 139 Å². The molecule has 0 bridgehead atoms. The number of carbonyl (C=O) groups excluding carboxylic acids is 3. The number of aliphatic hydroxyl groups is 2. The van der Waals surface area contributed by atoms with E-state index in [0.717, 1.165) is 126 Å². The van der Waals surface area contributed by atoms with Crippen molar-refractivity contribution in [2.45, 2.75) is 135 Å². The third-order valence-corrected chi connectivity index (χ3v) is 30.4. The van der Waals surface area contributed by atoms with Crippen molar-refractivity contribution in [1.29, 1.82) is 0 Å². The molecule has 0 radical (unpaired) electrons. The number of halogens is 2. The Hall–Kier alpha value is -10.1. The average molecular weight is 1810 g/mol. The molecular weight excluding hydrogens is 1710 g/mol. The van der Waals surface area contributed by atoms with Gasteiger partial charge in [-0.15, -0.1) is 0 Å². The van der Waals surface area contributed by atoms with Crippen molar-refractivity contribution in [3.05, 3.63) is 171 Å². The van der Waals surface area contributed by atoms with Crippen LogP contribution in [-0.4, -0.2) is 236 Å². The number of rotatable bonds is 18. The van der Waals surface area contributed by atoms with Crippen molar-refractivity contribution in [1.82, 2.24) is 39.9 Å². The van der Waals surface area contributed by atoms with Crippen LogP contribution in [0.25, 0.3) is 0 Å². The first-order valence-electron chi connectivity index (χ1n) is 42.0. The lowest BCUT2D eigenvalue weighted by atomic mass is 10.1. The fourth-order valence-electron chi connectivity index (χ4n) is 16.5. The molecule has 5 aromatic carbocycles. The molecule has 6 N–H and O–H groups in total. The zero-order valence-corrected chi connectivity index (χ0v) is 74.0. The highest BCUT2D eigenvalue weighted by atomic mass is 79.9. The third-order valence-electron chi connectivity index (χ3n) is 24.0. The summed E-state index contributed by atoms with van der Waals surface area (Å²) >= 11 is 3.46. The number of amides is 3. The van der Waals surface area contributed by atoms with Gasteiger partial charge < -0.3 is 75.4 Å². The Morgan fingerprint density at radius 1 is 0.463 bits per heavy atom. The Kier molecular flexibility index (Phi) is 25.3. The summed E-state index contributed by atoms with van der Waals surface area (Å²) in [7, 11) is -4.50. The molecule has 11 aliphatic rings. The minimum atomic E-state index is -1.15. The second kappa shape index (κ2) is 36.6. The maximum atomic E-state index is 13.7. The molecule has 5 saturated heterocycles. The number of aromatic nitrogens is 8. The molecule has 0 spiro atoms. The molecule has 20 rings (SSSR count). The van der Waals surface area contributed by atoms with Crippen LogP contribution < -0.4 is 60.5 Å². The lowest BCUT2D eigenvalue weighted by Crippen LogP contribution is -2.52. The van der Waals surface area contributed by atoms with Gasteiger partial charge >= 0.3 is 0 Å². The van der Waals surface area contributed by atoms with E-state index >= 15 is 0 Å². The Bertz CT molecular complexity index is 5600. The van der Waals surface area contributed by atoms with Gasteiger partial charge in [0.1, 0.15) is 62.5 Å². The van der Waals surface area contributed by atoms with Crippen LogP contribution in [0.3, 0.4) is 0 Å². The topological polar surface area (TPSA) is 346 Å². The van der Waals surface area contributed by atoms with Crippen molar-refractivity contribution in [2.75, 3.05) is 188 Å². The number of hydrogen-bond donors (Lipinski definition) is 6. The predicted octanol–water partition coefficient (Wildman–Crippen LogP) is 8.87. The number of hydrogen-bond acceptors (Lipinski definition) is 27. The molecule has 36 heteroatoms. The second-order valence-electron chi connectivity index (χ2n) is 33.0. The molecule has 2 aliphatic carbocycles. The number of ether oxygens (including phenoxy) is 1. The van der Waals surface area contributed by atoms with Gasteiger partial charge in [0.25, 0.3) is 0 Å². The zero-order chi connectivity index (χ0) is 85.4. The average Bonchev–Trinajstić information content (AvgIpc) is 1.75. The molecule has 4 aromatic heterocycles. The molecule has 646 valence electrons. The van der Waals surface area contributed by atoms with E-state index in [1.165, 1.54) is 28.9 Å². The van der Waals surface area contributed by atoms with E-state index in [4.69, 9.17) is 24.7 Å². The maximum absolute atomic E-state index is 13.7. The lowest BCUT2D eigenvalue weighted by Gasteiger charge is -2.41. The molecule has 9 aromatic rings. The summed E-state index contributed by atoms with van der Waals surface area (Å²) in [6.07, 6.45) is 7.82. The summed E-state index contributed by atoms with van der Waals surface area (Å²) in [4.78, 5) is 94.6. The quantitative estimate of drug-likeness (QED) is 0.0467. The van der Waals surface area contributed by atoms with Gasteiger partial charge in [-0.2, -0.15) is 19.9 Å². The van der Waals surface area contributed by atoms with Gasteiger partial charge in [0, 0.05) is 166 Å². The Morgan fingerprint density at radius 3 is 1.28 bits per heavy atom. The second-order valence-corrected chi connectivity index (χ2v) is 39.9. The van der Waals surface area contributed by atoms with E-state index in [9.17, 15) is 45.8 Å². The standard InChI is InChI=1S/C24H26FN5OS.C22H27N5O3S.C21H25N5O3S.C20H22BrN5O3S/c1-16-6-8-20(9-7-16)29-11-12-30(17(2)15-29)24-27-21-10-13-32(31)22(21)23(28-24)26-19-5-3-4-18(25)14-19;1-15-2-4-17(5-3-15)27-10-9-26(14-19(27)28)22-24-18-8-13-31(29)20(18)21(25-22)23-16-6-11-30-12-7-16;1-14-2-4-15(5-3-14)26-10-9-25(12-17(26)28)20-22-16-6-11-30(29)18(16)19(23-20)24-21(13-27)7-8-21;21-13-2-1-3-14(10-13)26-8-7-25(11-16(26)28)19-22-15-4-9-30(29)17(15)18(23-19)24-20(12-27)5-6-20/h3-9,14,17H,10-13,15H2,1-2H3,(H,26,27,28);2-5,16H,6-14H2,1H3,(H,23,24,25);2-5,27H,6-13H2,1H3,(H,22,23,24);1-3,10,27H,4-9,11-12H2,(H,22,23,24)/t17-,32?;;;/m0.../s1. The lowest BCUT2D eigenvalue weighted by molar-refractivity contribution is -0.118. The summed E-state index contributed by atoms with van der Waals surface area (Å²) in [5, 5.41) is 32.7.